The molecule has 0 atom stereocenters. The highest BCUT2D eigenvalue weighted by Crippen LogP contribution is 2.12. The second kappa shape index (κ2) is 5.27. The van der Waals surface area contributed by atoms with E-state index in [0.717, 1.165) is 11.4 Å². The maximum Gasteiger partial charge on any atom is 0.258 e. The summed E-state index contributed by atoms with van der Waals surface area (Å²) < 4.78 is 3.31. The van der Waals surface area contributed by atoms with Crippen LogP contribution in [0.15, 0.2) is 19.0 Å². The zero-order valence-corrected chi connectivity index (χ0v) is 12.0. The van der Waals surface area contributed by atoms with E-state index >= 15 is 0 Å². The Labute approximate surface area is 121 Å². The van der Waals surface area contributed by atoms with E-state index in [-0.39, 0.29) is 0 Å². The first kappa shape index (κ1) is 13.2. The number of hydrogen-bond acceptors (Lipinski definition) is 7. The largest absolute Gasteiger partial charge is 0.354 e. The first-order valence-corrected chi connectivity index (χ1v) is 6.55. The molecule has 9 heteroatoms. The maximum absolute atomic E-state index is 4.42. The molecule has 0 unspecified atom stereocenters. The number of nitrogens with zero attached hydrogens (tertiary/aromatic N) is 8. The summed E-state index contributed by atoms with van der Waals surface area (Å²) in [5.41, 5.74) is 1.91. The van der Waals surface area contributed by atoms with Gasteiger partial charge in [0, 0.05) is 12.2 Å². The van der Waals surface area contributed by atoms with Crippen LogP contribution in [0, 0.1) is 13.8 Å². The van der Waals surface area contributed by atoms with Crippen LogP contribution in [-0.2, 0) is 0 Å². The van der Waals surface area contributed by atoms with Gasteiger partial charge in [0.2, 0.25) is 11.9 Å². The van der Waals surface area contributed by atoms with Crippen LogP contribution in [0.3, 0.4) is 0 Å². The van der Waals surface area contributed by atoms with Gasteiger partial charge >= 0.3 is 0 Å². The third-order valence-electron chi connectivity index (χ3n) is 3.04. The Hall–Kier alpha value is -2.84. The number of imidazole rings is 1. The fourth-order valence-electron chi connectivity index (χ4n) is 1.81. The smallest absolute Gasteiger partial charge is 0.258 e. The molecule has 21 heavy (non-hydrogen) atoms. The van der Waals surface area contributed by atoms with Gasteiger partial charge in [-0.15, -0.1) is 0 Å². The average molecular weight is 285 g/mol. The molecule has 0 saturated carbocycles. The Bertz CT molecular complexity index is 744. The molecule has 0 amide bonds. The summed E-state index contributed by atoms with van der Waals surface area (Å²) in [6.07, 6.45) is 4.67. The van der Waals surface area contributed by atoms with Crippen LogP contribution >= 0.6 is 0 Å². The monoisotopic (exact) mass is 285 g/mol. The van der Waals surface area contributed by atoms with Crippen LogP contribution in [0.4, 0.5) is 5.95 Å². The topological polar surface area (TPSA) is 99.2 Å². The van der Waals surface area contributed by atoms with Crippen molar-refractivity contribution in [2.75, 3.05) is 11.9 Å². The predicted molar refractivity (Wildman–Crippen MR) is 75.5 cm³/mol. The van der Waals surface area contributed by atoms with Crippen LogP contribution in [-0.4, -0.2) is 45.8 Å². The van der Waals surface area contributed by atoms with Crippen LogP contribution in [0.5, 0.6) is 0 Å². The number of rotatable bonds is 4. The first-order valence-electron chi connectivity index (χ1n) is 6.55. The summed E-state index contributed by atoms with van der Waals surface area (Å²) in [5, 5.41) is 7.14. The van der Waals surface area contributed by atoms with Gasteiger partial charge in [0.15, 0.2) is 0 Å². The van der Waals surface area contributed by atoms with E-state index < -0.39 is 0 Å². The van der Waals surface area contributed by atoms with Gasteiger partial charge in [-0.3, -0.25) is 4.57 Å². The van der Waals surface area contributed by atoms with Crippen LogP contribution in [0.25, 0.3) is 11.9 Å². The minimum Gasteiger partial charge on any atom is -0.354 e. The van der Waals surface area contributed by atoms with Crippen LogP contribution in [0.2, 0.25) is 0 Å². The lowest BCUT2D eigenvalue weighted by molar-refractivity contribution is 0.769. The van der Waals surface area contributed by atoms with Gasteiger partial charge in [-0.25, -0.2) is 9.97 Å². The molecule has 0 aliphatic carbocycles. The van der Waals surface area contributed by atoms with E-state index in [1.807, 2.05) is 25.3 Å². The molecule has 0 aliphatic heterocycles. The van der Waals surface area contributed by atoms with E-state index in [1.165, 1.54) is 11.0 Å². The van der Waals surface area contributed by atoms with Gasteiger partial charge in [0.05, 0.1) is 5.69 Å². The fourth-order valence-corrected chi connectivity index (χ4v) is 1.81. The SMILES string of the molecule is CCNc1nc(-n2cncn2)nc(-n2cnc(C)c2C)n1. The van der Waals surface area contributed by atoms with Crippen molar-refractivity contribution in [3.63, 3.8) is 0 Å². The van der Waals surface area contributed by atoms with Crippen molar-refractivity contribution in [2.45, 2.75) is 20.8 Å². The Kier molecular flexibility index (Phi) is 3.30. The highest BCUT2D eigenvalue weighted by atomic mass is 15.4. The molecule has 3 aromatic heterocycles. The number of aromatic nitrogens is 8. The van der Waals surface area contributed by atoms with Crippen molar-refractivity contribution in [3.8, 4) is 11.9 Å². The zero-order chi connectivity index (χ0) is 14.8. The number of hydrogen-bond donors (Lipinski definition) is 1. The molecule has 9 nitrogen and oxygen atoms in total. The quantitative estimate of drug-likeness (QED) is 0.752. The Morgan fingerprint density at radius 1 is 1.10 bits per heavy atom. The molecule has 0 aromatic carbocycles. The predicted octanol–water partition coefficient (Wildman–Crippen LogP) is 0.687. The molecule has 1 N–H and O–H groups in total. The molecule has 3 heterocycles. The van der Waals surface area contributed by atoms with E-state index in [1.54, 1.807) is 12.7 Å². The fraction of sp³-hybridized carbons (Fsp3) is 0.333. The van der Waals surface area contributed by atoms with Gasteiger partial charge < -0.3 is 5.32 Å². The van der Waals surface area contributed by atoms with E-state index in [0.29, 0.717) is 24.4 Å². The van der Waals surface area contributed by atoms with Crippen molar-refractivity contribution < 1.29 is 0 Å². The van der Waals surface area contributed by atoms with Crippen LogP contribution in [0.1, 0.15) is 18.3 Å². The van der Waals surface area contributed by atoms with Gasteiger partial charge in [-0.05, 0) is 20.8 Å². The molecule has 0 bridgehead atoms. The molecule has 3 rings (SSSR count). The Morgan fingerprint density at radius 2 is 1.90 bits per heavy atom. The number of nitrogens with one attached hydrogen (secondary N) is 1. The van der Waals surface area contributed by atoms with Crippen molar-refractivity contribution >= 4 is 5.95 Å². The summed E-state index contributed by atoms with van der Waals surface area (Å²) >= 11 is 0. The van der Waals surface area contributed by atoms with Crippen molar-refractivity contribution in [1.29, 1.82) is 0 Å². The van der Waals surface area contributed by atoms with Gasteiger partial charge in [0.25, 0.3) is 5.95 Å². The number of aryl methyl sites for hydroxylation is 1. The molecule has 0 fully saturated rings. The first-order chi connectivity index (χ1) is 10.2. The van der Waals surface area contributed by atoms with Crippen molar-refractivity contribution in [1.82, 2.24) is 39.3 Å². The van der Waals surface area contributed by atoms with E-state index in [4.69, 9.17) is 0 Å². The van der Waals surface area contributed by atoms with Gasteiger partial charge in [0.1, 0.15) is 19.0 Å². The second-order valence-corrected chi connectivity index (χ2v) is 4.41. The van der Waals surface area contributed by atoms with Gasteiger partial charge in [-0.1, -0.05) is 0 Å². The standard InChI is InChI=1S/C12H15N9/c1-4-14-10-17-11(20-7-15-8(2)9(20)3)19-12(18-10)21-6-13-5-16-21/h5-7H,4H2,1-3H3,(H,14,17,18,19). The second-order valence-electron chi connectivity index (χ2n) is 4.41. The lowest BCUT2D eigenvalue weighted by atomic mass is 10.4. The highest BCUT2D eigenvalue weighted by Gasteiger charge is 2.12. The molecular weight excluding hydrogens is 270 g/mol. The Morgan fingerprint density at radius 3 is 2.52 bits per heavy atom. The van der Waals surface area contributed by atoms with Gasteiger partial charge in [-0.2, -0.15) is 24.7 Å². The molecular formula is C12H15N9. The lowest BCUT2D eigenvalue weighted by Crippen LogP contribution is -2.13. The molecule has 108 valence electrons. The molecule has 0 aliphatic rings. The molecule has 0 saturated heterocycles. The number of anilines is 1. The van der Waals surface area contributed by atoms with Crippen molar-refractivity contribution in [2.24, 2.45) is 0 Å². The van der Waals surface area contributed by atoms with E-state index in [9.17, 15) is 0 Å². The minimum atomic E-state index is 0.402. The Balaban J connectivity index is 2.13. The highest BCUT2D eigenvalue weighted by molar-refractivity contribution is 5.33. The minimum absolute atomic E-state index is 0.402. The summed E-state index contributed by atoms with van der Waals surface area (Å²) in [7, 11) is 0. The van der Waals surface area contributed by atoms with E-state index in [2.05, 4.69) is 35.3 Å². The van der Waals surface area contributed by atoms with Crippen molar-refractivity contribution in [3.05, 3.63) is 30.4 Å². The lowest BCUT2D eigenvalue weighted by Gasteiger charge is -2.08. The third kappa shape index (κ3) is 2.45. The summed E-state index contributed by atoms with van der Waals surface area (Å²) in [6.45, 7) is 6.60. The molecule has 0 radical (unpaired) electrons. The van der Waals surface area contributed by atoms with Crippen LogP contribution < -0.4 is 5.32 Å². The summed E-state index contributed by atoms with van der Waals surface area (Å²) in [5.74, 6) is 1.38. The normalized spacial score (nSPS) is 10.8. The zero-order valence-electron chi connectivity index (χ0n) is 12.0. The summed E-state index contributed by atoms with van der Waals surface area (Å²) in [6, 6.07) is 0. The maximum atomic E-state index is 4.42. The molecule has 0 spiro atoms. The summed E-state index contributed by atoms with van der Waals surface area (Å²) in [4.78, 5) is 21.3. The third-order valence-corrected chi connectivity index (χ3v) is 3.04. The molecule has 3 aromatic rings. The average Bonchev–Trinajstić information content (AvgIpc) is 3.11.